The molecule has 0 saturated heterocycles. The molecule has 0 fully saturated rings. The zero-order valence-electron chi connectivity index (χ0n) is 21.7. The molecule has 0 spiro atoms. The van der Waals surface area contributed by atoms with Crippen LogP contribution < -0.4 is 14.5 Å². The minimum absolute atomic E-state index is 0.0715. The maximum absolute atomic E-state index is 14.0. The Kier molecular flexibility index (Phi) is 9.06. The van der Waals surface area contributed by atoms with Gasteiger partial charge in [0.2, 0.25) is 0 Å². The SMILES string of the molecule is CCCCC1(CCCC)CN(c2ccccc2)c2cc(N(C)C)c(O/C=C\C(=O)O)cc2S(=O)(=O)C1. The van der Waals surface area contributed by atoms with Crippen LogP contribution in [0, 0.1) is 5.41 Å². The molecule has 8 heteroatoms. The molecule has 36 heavy (non-hydrogen) atoms. The van der Waals surface area contributed by atoms with Gasteiger partial charge in [-0.2, -0.15) is 0 Å². The maximum atomic E-state index is 14.0. The highest BCUT2D eigenvalue weighted by Crippen LogP contribution is 2.48. The fourth-order valence-electron chi connectivity index (χ4n) is 4.92. The second-order valence-corrected chi connectivity index (χ2v) is 11.8. The average Bonchev–Trinajstić information content (AvgIpc) is 2.93. The Morgan fingerprint density at radius 3 is 2.31 bits per heavy atom. The molecule has 0 aromatic heterocycles. The van der Waals surface area contributed by atoms with Crippen LogP contribution in [0.1, 0.15) is 52.4 Å². The third-order valence-corrected chi connectivity index (χ3v) is 8.72. The zero-order valence-corrected chi connectivity index (χ0v) is 22.6. The number of hydrogen-bond acceptors (Lipinski definition) is 6. The van der Waals surface area contributed by atoms with E-state index in [2.05, 4.69) is 18.7 Å². The van der Waals surface area contributed by atoms with Gasteiger partial charge in [-0.25, -0.2) is 13.2 Å². The van der Waals surface area contributed by atoms with Crippen LogP contribution in [-0.4, -0.2) is 45.9 Å². The monoisotopic (exact) mass is 514 g/mol. The second-order valence-electron chi connectivity index (χ2n) is 9.83. The minimum atomic E-state index is -3.67. The van der Waals surface area contributed by atoms with Gasteiger partial charge in [-0.1, -0.05) is 57.7 Å². The molecule has 0 aliphatic carbocycles. The van der Waals surface area contributed by atoms with Gasteiger partial charge in [0.1, 0.15) is 0 Å². The van der Waals surface area contributed by atoms with E-state index in [4.69, 9.17) is 9.84 Å². The van der Waals surface area contributed by atoms with Crippen LogP contribution in [0.25, 0.3) is 0 Å². The van der Waals surface area contributed by atoms with Crippen LogP contribution in [0.3, 0.4) is 0 Å². The fraction of sp³-hybridized carbons (Fsp3) is 0.464. The number of ether oxygens (including phenoxy) is 1. The number of para-hydroxylation sites is 1. The molecular weight excluding hydrogens is 476 g/mol. The molecule has 0 radical (unpaired) electrons. The minimum Gasteiger partial charge on any atom is -0.478 e. The summed E-state index contributed by atoms with van der Waals surface area (Å²) >= 11 is 0. The molecule has 2 aromatic rings. The third kappa shape index (κ3) is 6.40. The molecular formula is C28H38N2O5S. The molecule has 0 unspecified atom stereocenters. The molecule has 1 N–H and O–H groups in total. The lowest BCUT2D eigenvalue weighted by Gasteiger charge is -2.37. The molecule has 0 atom stereocenters. The van der Waals surface area contributed by atoms with Crippen molar-refractivity contribution in [1.82, 2.24) is 0 Å². The number of anilines is 3. The van der Waals surface area contributed by atoms with Crippen molar-refractivity contribution in [2.75, 3.05) is 36.2 Å². The smallest absolute Gasteiger partial charge is 0.331 e. The number of nitrogens with zero attached hydrogens (tertiary/aromatic N) is 2. The van der Waals surface area contributed by atoms with Gasteiger partial charge in [-0.05, 0) is 31.0 Å². The summed E-state index contributed by atoms with van der Waals surface area (Å²) in [6.07, 6.45) is 7.58. The standard InChI is InChI=1S/C28H38N2O5S/c1-5-7-15-28(16-8-6-2)20-30(22-12-10-9-11-13-22)24-18-23(29(3)4)25(35-17-14-27(31)32)19-26(24)36(33,34)21-28/h9-14,17-19H,5-8,15-16,20-21H2,1-4H3,(H,31,32)/b17-14-. The van der Waals surface area contributed by atoms with Gasteiger partial charge >= 0.3 is 5.97 Å². The zero-order chi connectivity index (χ0) is 26.3. The predicted octanol–water partition coefficient (Wildman–Crippen LogP) is 6.02. The largest absolute Gasteiger partial charge is 0.478 e. The highest BCUT2D eigenvalue weighted by atomic mass is 32.2. The lowest BCUT2D eigenvalue weighted by atomic mass is 9.79. The van der Waals surface area contributed by atoms with Crippen LogP contribution in [-0.2, 0) is 14.6 Å². The van der Waals surface area contributed by atoms with Crippen molar-refractivity contribution < 1.29 is 23.1 Å². The van der Waals surface area contributed by atoms with Gasteiger partial charge in [0, 0.05) is 37.8 Å². The maximum Gasteiger partial charge on any atom is 0.331 e. The molecule has 1 heterocycles. The van der Waals surface area contributed by atoms with E-state index in [9.17, 15) is 13.2 Å². The van der Waals surface area contributed by atoms with Crippen molar-refractivity contribution in [3.05, 3.63) is 54.8 Å². The van der Waals surface area contributed by atoms with E-state index in [1.807, 2.05) is 55.4 Å². The first-order valence-electron chi connectivity index (χ1n) is 12.6. The van der Waals surface area contributed by atoms with E-state index in [0.717, 1.165) is 56.6 Å². The van der Waals surface area contributed by atoms with Gasteiger partial charge in [0.05, 0.1) is 34.4 Å². The second kappa shape index (κ2) is 11.8. The normalized spacial score (nSPS) is 16.4. The first kappa shape index (κ1) is 27.6. The summed E-state index contributed by atoms with van der Waals surface area (Å²) in [4.78, 5) is 15.2. The number of aliphatic carboxylic acids is 1. The fourth-order valence-corrected chi connectivity index (χ4v) is 7.04. The van der Waals surface area contributed by atoms with Crippen LogP contribution >= 0.6 is 0 Å². The van der Waals surface area contributed by atoms with Crippen molar-refractivity contribution in [3.8, 4) is 5.75 Å². The summed E-state index contributed by atoms with van der Waals surface area (Å²) in [5.74, 6) is -0.777. The van der Waals surface area contributed by atoms with Crippen LogP contribution in [0.5, 0.6) is 5.75 Å². The molecule has 196 valence electrons. The van der Waals surface area contributed by atoms with Crippen molar-refractivity contribution in [2.24, 2.45) is 5.41 Å². The summed E-state index contributed by atoms with van der Waals surface area (Å²) in [6.45, 7) is 4.88. The van der Waals surface area contributed by atoms with E-state index < -0.39 is 15.8 Å². The van der Waals surface area contributed by atoms with E-state index in [-0.39, 0.29) is 16.1 Å². The Morgan fingerprint density at radius 2 is 1.75 bits per heavy atom. The molecule has 0 saturated carbocycles. The van der Waals surface area contributed by atoms with Crippen molar-refractivity contribution in [2.45, 2.75) is 57.3 Å². The predicted molar refractivity (Wildman–Crippen MR) is 145 cm³/mol. The van der Waals surface area contributed by atoms with E-state index >= 15 is 0 Å². The number of unbranched alkanes of at least 4 members (excludes halogenated alkanes) is 2. The third-order valence-electron chi connectivity index (χ3n) is 6.73. The summed E-state index contributed by atoms with van der Waals surface area (Å²) < 4.78 is 33.7. The lowest BCUT2D eigenvalue weighted by Crippen LogP contribution is -2.38. The topological polar surface area (TPSA) is 87.2 Å². The molecule has 0 amide bonds. The number of carbonyl (C=O) groups is 1. The molecule has 7 nitrogen and oxygen atoms in total. The molecule has 0 bridgehead atoms. The first-order valence-corrected chi connectivity index (χ1v) is 14.2. The van der Waals surface area contributed by atoms with E-state index in [0.29, 0.717) is 23.7 Å². The summed E-state index contributed by atoms with van der Waals surface area (Å²) in [7, 11) is 0.0203. The van der Waals surface area contributed by atoms with Crippen molar-refractivity contribution >= 4 is 32.9 Å². The molecule has 1 aliphatic heterocycles. The number of sulfone groups is 1. The van der Waals surface area contributed by atoms with Crippen LogP contribution in [0.4, 0.5) is 17.1 Å². The Balaban J connectivity index is 2.26. The number of carboxylic acids is 1. The van der Waals surface area contributed by atoms with E-state index in [1.54, 1.807) is 6.07 Å². The van der Waals surface area contributed by atoms with Crippen LogP contribution in [0.15, 0.2) is 59.7 Å². The highest BCUT2D eigenvalue weighted by molar-refractivity contribution is 7.91. The Bertz CT molecular complexity index is 1170. The lowest BCUT2D eigenvalue weighted by molar-refractivity contribution is -0.131. The van der Waals surface area contributed by atoms with Crippen molar-refractivity contribution in [3.63, 3.8) is 0 Å². The number of benzene rings is 2. The average molecular weight is 515 g/mol. The van der Waals surface area contributed by atoms with Crippen molar-refractivity contribution in [1.29, 1.82) is 0 Å². The quantitative estimate of drug-likeness (QED) is 0.290. The first-order chi connectivity index (χ1) is 17.1. The van der Waals surface area contributed by atoms with E-state index in [1.165, 1.54) is 0 Å². The highest BCUT2D eigenvalue weighted by Gasteiger charge is 2.42. The van der Waals surface area contributed by atoms with Gasteiger partial charge in [-0.15, -0.1) is 0 Å². The number of rotatable bonds is 11. The van der Waals surface area contributed by atoms with Crippen LogP contribution in [0.2, 0.25) is 0 Å². The molecule has 1 aliphatic rings. The van der Waals surface area contributed by atoms with Gasteiger partial charge in [-0.3, -0.25) is 0 Å². The summed E-state index contributed by atoms with van der Waals surface area (Å²) in [6, 6.07) is 13.3. The summed E-state index contributed by atoms with van der Waals surface area (Å²) in [5, 5.41) is 8.96. The summed E-state index contributed by atoms with van der Waals surface area (Å²) in [5.41, 5.74) is 1.84. The number of carboxylic acid groups (broad SMARTS) is 1. The Hall–Kier alpha value is -3.00. The molecule has 3 rings (SSSR count). The number of hydrogen-bond donors (Lipinski definition) is 1. The number of fused-ring (bicyclic) bond motifs is 1. The van der Waals surface area contributed by atoms with Gasteiger partial charge in [0.25, 0.3) is 0 Å². The van der Waals surface area contributed by atoms with Gasteiger partial charge in [0.15, 0.2) is 15.6 Å². The Morgan fingerprint density at radius 1 is 1.11 bits per heavy atom. The Labute approximate surface area is 215 Å². The molecule has 2 aromatic carbocycles. The van der Waals surface area contributed by atoms with Gasteiger partial charge < -0.3 is 19.6 Å².